The van der Waals surface area contributed by atoms with E-state index in [9.17, 15) is 4.79 Å². The molecule has 1 amide bonds. The number of ether oxygens (including phenoxy) is 1. The van der Waals surface area contributed by atoms with Crippen LogP contribution >= 0.6 is 0 Å². The largest absolute Gasteiger partial charge is 0.484 e. The molecule has 5 nitrogen and oxygen atoms in total. The van der Waals surface area contributed by atoms with Gasteiger partial charge in [-0.05, 0) is 60.7 Å². The number of amides is 1. The van der Waals surface area contributed by atoms with Crippen LogP contribution in [0.5, 0.6) is 5.75 Å². The zero-order chi connectivity index (χ0) is 20.2. The average Bonchev–Trinajstić information content (AvgIpc) is 3.13. The third kappa shape index (κ3) is 4.91. The van der Waals surface area contributed by atoms with E-state index in [4.69, 9.17) is 13.6 Å². The maximum atomic E-state index is 12.9. The number of hydrogen-bond donors (Lipinski definition) is 0. The molecule has 1 fully saturated rings. The molecule has 1 aromatic carbocycles. The van der Waals surface area contributed by atoms with Crippen LogP contribution in [-0.2, 0) is 24.3 Å². The Balaban J connectivity index is 1.41. The van der Waals surface area contributed by atoms with Crippen molar-refractivity contribution in [1.29, 1.82) is 0 Å². The molecule has 4 rings (SSSR count). The number of nitrogens with zero attached hydrogens (tertiary/aromatic N) is 1. The minimum Gasteiger partial charge on any atom is -0.484 e. The molecule has 0 spiro atoms. The third-order valence-corrected chi connectivity index (χ3v) is 5.48. The van der Waals surface area contributed by atoms with Crippen molar-refractivity contribution in [2.24, 2.45) is 5.92 Å². The standard InChI is InChI=1S/C24H27NO4/c1-3-18-6-8-19(9-7-18)28-16-24(26)25(14-20-5-4-12-27-20)15-21-10-11-23(29-21)22-13-17(22)2/h4-12,17,22H,3,13-16H2,1-2H3. The Morgan fingerprint density at radius 1 is 1.10 bits per heavy atom. The van der Waals surface area contributed by atoms with Gasteiger partial charge in [-0.3, -0.25) is 4.79 Å². The van der Waals surface area contributed by atoms with Crippen LogP contribution in [0.4, 0.5) is 0 Å². The predicted molar refractivity (Wildman–Crippen MR) is 110 cm³/mol. The minimum atomic E-state index is -0.112. The first-order valence-corrected chi connectivity index (χ1v) is 10.2. The summed E-state index contributed by atoms with van der Waals surface area (Å²) in [5.41, 5.74) is 1.24. The van der Waals surface area contributed by atoms with Crippen LogP contribution in [0.3, 0.4) is 0 Å². The zero-order valence-corrected chi connectivity index (χ0v) is 17.0. The van der Waals surface area contributed by atoms with Gasteiger partial charge in [-0.15, -0.1) is 0 Å². The van der Waals surface area contributed by atoms with Crippen molar-refractivity contribution in [2.75, 3.05) is 6.61 Å². The number of aryl methyl sites for hydroxylation is 1. The van der Waals surface area contributed by atoms with E-state index in [0.717, 1.165) is 23.7 Å². The molecule has 5 heteroatoms. The second-order valence-electron chi connectivity index (χ2n) is 7.74. The fourth-order valence-electron chi connectivity index (χ4n) is 3.47. The molecule has 2 atom stereocenters. The number of rotatable bonds is 9. The lowest BCUT2D eigenvalue weighted by molar-refractivity contribution is -0.135. The molecule has 2 unspecified atom stereocenters. The number of carbonyl (C=O) groups excluding carboxylic acids is 1. The van der Waals surface area contributed by atoms with Crippen molar-refractivity contribution in [2.45, 2.75) is 45.7 Å². The Hall–Kier alpha value is -2.95. The van der Waals surface area contributed by atoms with Crippen molar-refractivity contribution in [3.63, 3.8) is 0 Å². The van der Waals surface area contributed by atoms with Crippen molar-refractivity contribution in [3.05, 3.63) is 77.6 Å². The molecular weight excluding hydrogens is 366 g/mol. The van der Waals surface area contributed by atoms with E-state index in [-0.39, 0.29) is 12.5 Å². The molecule has 0 saturated heterocycles. The van der Waals surface area contributed by atoms with Gasteiger partial charge >= 0.3 is 0 Å². The lowest BCUT2D eigenvalue weighted by Crippen LogP contribution is -2.33. The summed E-state index contributed by atoms with van der Waals surface area (Å²) in [6, 6.07) is 15.5. The Kier molecular flexibility index (Phi) is 5.74. The molecular formula is C24H27NO4. The molecule has 0 radical (unpaired) electrons. The second-order valence-corrected chi connectivity index (χ2v) is 7.74. The highest BCUT2D eigenvalue weighted by Crippen LogP contribution is 2.47. The molecule has 0 N–H and O–H groups in total. The number of hydrogen-bond acceptors (Lipinski definition) is 4. The number of benzene rings is 1. The van der Waals surface area contributed by atoms with Gasteiger partial charge in [-0.25, -0.2) is 0 Å². The molecule has 1 saturated carbocycles. The van der Waals surface area contributed by atoms with E-state index in [2.05, 4.69) is 13.8 Å². The molecule has 2 aromatic heterocycles. The van der Waals surface area contributed by atoms with E-state index in [1.54, 1.807) is 11.2 Å². The van der Waals surface area contributed by atoms with Crippen molar-refractivity contribution in [3.8, 4) is 5.75 Å². The minimum absolute atomic E-state index is 0.0284. The summed E-state index contributed by atoms with van der Waals surface area (Å²) in [5, 5.41) is 0. The van der Waals surface area contributed by atoms with Crippen molar-refractivity contribution < 1.29 is 18.4 Å². The summed E-state index contributed by atoms with van der Waals surface area (Å²) in [6.45, 7) is 5.07. The summed E-state index contributed by atoms with van der Waals surface area (Å²) in [7, 11) is 0. The first-order valence-electron chi connectivity index (χ1n) is 10.2. The second kappa shape index (κ2) is 8.60. The van der Waals surface area contributed by atoms with E-state index in [1.165, 1.54) is 12.0 Å². The highest BCUT2D eigenvalue weighted by molar-refractivity contribution is 5.77. The van der Waals surface area contributed by atoms with Gasteiger partial charge in [0.15, 0.2) is 6.61 Å². The van der Waals surface area contributed by atoms with Gasteiger partial charge in [0.25, 0.3) is 5.91 Å². The lowest BCUT2D eigenvalue weighted by Gasteiger charge is -2.21. The first-order chi connectivity index (χ1) is 14.1. The number of carbonyl (C=O) groups is 1. The molecule has 3 aromatic rings. The normalized spacial score (nSPS) is 17.9. The van der Waals surface area contributed by atoms with Gasteiger partial charge in [-0.1, -0.05) is 26.0 Å². The van der Waals surface area contributed by atoms with Crippen LogP contribution in [0.1, 0.15) is 49.0 Å². The Morgan fingerprint density at radius 3 is 2.52 bits per heavy atom. The molecule has 2 heterocycles. The van der Waals surface area contributed by atoms with Crippen LogP contribution in [0, 0.1) is 5.92 Å². The molecule has 152 valence electrons. The SMILES string of the molecule is CCc1ccc(OCC(=O)N(Cc2ccco2)Cc2ccc(C3CC3C)o2)cc1. The van der Waals surface area contributed by atoms with Crippen LogP contribution in [-0.4, -0.2) is 17.4 Å². The quantitative estimate of drug-likeness (QED) is 0.503. The first kappa shape index (κ1) is 19.4. The lowest BCUT2D eigenvalue weighted by atomic mass is 10.2. The Bertz CT molecular complexity index is 926. The third-order valence-electron chi connectivity index (χ3n) is 5.48. The Labute approximate surface area is 171 Å². The maximum absolute atomic E-state index is 12.9. The monoisotopic (exact) mass is 393 g/mol. The summed E-state index contributed by atoms with van der Waals surface area (Å²) >= 11 is 0. The average molecular weight is 393 g/mol. The summed E-state index contributed by atoms with van der Waals surface area (Å²) in [4.78, 5) is 14.6. The highest BCUT2D eigenvalue weighted by atomic mass is 16.5. The zero-order valence-electron chi connectivity index (χ0n) is 17.0. The van der Waals surface area contributed by atoms with Crippen LogP contribution in [0.2, 0.25) is 0 Å². The van der Waals surface area contributed by atoms with Gasteiger partial charge < -0.3 is 18.5 Å². The number of furan rings is 2. The van der Waals surface area contributed by atoms with Crippen LogP contribution < -0.4 is 4.74 Å². The van der Waals surface area contributed by atoms with Gasteiger partial charge in [0.1, 0.15) is 23.0 Å². The van der Waals surface area contributed by atoms with E-state index in [1.807, 2.05) is 48.5 Å². The van der Waals surface area contributed by atoms with E-state index in [0.29, 0.717) is 30.7 Å². The summed E-state index contributed by atoms with van der Waals surface area (Å²) < 4.78 is 17.2. The van der Waals surface area contributed by atoms with Gasteiger partial charge in [-0.2, -0.15) is 0 Å². The molecule has 0 aliphatic heterocycles. The van der Waals surface area contributed by atoms with Crippen LogP contribution in [0.25, 0.3) is 0 Å². The van der Waals surface area contributed by atoms with Crippen LogP contribution in [0.15, 0.2) is 63.6 Å². The summed E-state index contributed by atoms with van der Waals surface area (Å²) in [6.07, 6.45) is 3.76. The van der Waals surface area contributed by atoms with E-state index < -0.39 is 0 Å². The van der Waals surface area contributed by atoms with Crippen molar-refractivity contribution in [1.82, 2.24) is 4.90 Å². The Morgan fingerprint density at radius 2 is 1.86 bits per heavy atom. The highest BCUT2D eigenvalue weighted by Gasteiger charge is 2.36. The predicted octanol–water partition coefficient (Wildman–Crippen LogP) is 5.17. The maximum Gasteiger partial charge on any atom is 0.261 e. The smallest absolute Gasteiger partial charge is 0.261 e. The van der Waals surface area contributed by atoms with E-state index >= 15 is 0 Å². The summed E-state index contributed by atoms with van der Waals surface area (Å²) in [5.74, 6) is 4.31. The fourth-order valence-corrected chi connectivity index (χ4v) is 3.47. The molecule has 1 aliphatic rings. The topological polar surface area (TPSA) is 55.8 Å². The van der Waals surface area contributed by atoms with Gasteiger partial charge in [0.05, 0.1) is 19.4 Å². The van der Waals surface area contributed by atoms with Gasteiger partial charge in [0, 0.05) is 5.92 Å². The van der Waals surface area contributed by atoms with Gasteiger partial charge in [0.2, 0.25) is 0 Å². The molecule has 0 bridgehead atoms. The fraction of sp³-hybridized carbons (Fsp3) is 0.375. The molecule has 29 heavy (non-hydrogen) atoms. The van der Waals surface area contributed by atoms with Crippen molar-refractivity contribution >= 4 is 5.91 Å². The molecule has 1 aliphatic carbocycles.